The van der Waals surface area contributed by atoms with Gasteiger partial charge in [0.1, 0.15) is 0 Å². The lowest BCUT2D eigenvalue weighted by Crippen LogP contribution is -2.52. The van der Waals surface area contributed by atoms with Crippen LogP contribution in [-0.2, 0) is 4.74 Å². The van der Waals surface area contributed by atoms with E-state index in [-0.39, 0.29) is 0 Å². The molecule has 1 aliphatic carbocycles. The van der Waals surface area contributed by atoms with Crippen molar-refractivity contribution in [2.24, 2.45) is 11.7 Å². The zero-order valence-electron chi connectivity index (χ0n) is 11.4. The van der Waals surface area contributed by atoms with Crippen molar-refractivity contribution < 1.29 is 4.74 Å². The predicted molar refractivity (Wildman–Crippen MR) is 71.0 cm³/mol. The summed E-state index contributed by atoms with van der Waals surface area (Å²) in [6.45, 7) is 7.75. The molecule has 2 rings (SSSR count). The summed E-state index contributed by atoms with van der Waals surface area (Å²) in [6.07, 6.45) is 6.67. The monoisotopic (exact) mass is 240 g/mol. The molecule has 3 nitrogen and oxygen atoms in total. The number of hydrogen-bond acceptors (Lipinski definition) is 3. The van der Waals surface area contributed by atoms with Gasteiger partial charge in [0.2, 0.25) is 0 Å². The lowest BCUT2D eigenvalue weighted by molar-refractivity contribution is 0.0401. The van der Waals surface area contributed by atoms with Crippen LogP contribution in [0.3, 0.4) is 0 Å². The smallest absolute Gasteiger partial charge is 0.0702 e. The van der Waals surface area contributed by atoms with Gasteiger partial charge in [-0.25, -0.2) is 0 Å². The summed E-state index contributed by atoms with van der Waals surface area (Å²) in [5.41, 5.74) is 6.31. The van der Waals surface area contributed by atoms with Gasteiger partial charge in [-0.1, -0.05) is 13.8 Å². The van der Waals surface area contributed by atoms with Crippen LogP contribution >= 0.6 is 0 Å². The van der Waals surface area contributed by atoms with Crippen LogP contribution in [0.15, 0.2) is 0 Å². The Hall–Kier alpha value is -0.120. The molecule has 0 aromatic heterocycles. The standard InChI is InChI=1S/C14H28N2O/c1-3-16(10-12-5-4-8-17-12)14-9-11(2)6-7-13(14)15/h11-14H,3-10,15H2,1-2H3. The molecule has 2 fully saturated rings. The third kappa shape index (κ3) is 3.43. The van der Waals surface area contributed by atoms with E-state index in [4.69, 9.17) is 10.5 Å². The van der Waals surface area contributed by atoms with Gasteiger partial charge in [-0.3, -0.25) is 4.90 Å². The normalized spacial score (nSPS) is 38.8. The van der Waals surface area contributed by atoms with E-state index in [9.17, 15) is 0 Å². The number of ether oxygens (including phenoxy) is 1. The van der Waals surface area contributed by atoms with Gasteiger partial charge >= 0.3 is 0 Å². The lowest BCUT2D eigenvalue weighted by Gasteiger charge is -2.41. The highest BCUT2D eigenvalue weighted by Crippen LogP contribution is 2.27. The first-order valence-electron chi connectivity index (χ1n) is 7.32. The quantitative estimate of drug-likeness (QED) is 0.817. The SMILES string of the molecule is CCN(CC1CCCO1)C1CC(C)CCC1N. The van der Waals surface area contributed by atoms with E-state index >= 15 is 0 Å². The Morgan fingerprint density at radius 2 is 2.12 bits per heavy atom. The van der Waals surface area contributed by atoms with Crippen molar-refractivity contribution in [1.82, 2.24) is 4.90 Å². The fraction of sp³-hybridized carbons (Fsp3) is 1.00. The maximum atomic E-state index is 6.31. The molecule has 1 heterocycles. The summed E-state index contributed by atoms with van der Waals surface area (Å²) in [6, 6.07) is 0.945. The summed E-state index contributed by atoms with van der Waals surface area (Å²) in [5.74, 6) is 0.832. The van der Waals surface area contributed by atoms with Gasteiger partial charge in [-0.05, 0) is 44.6 Å². The highest BCUT2D eigenvalue weighted by Gasteiger charge is 2.31. The van der Waals surface area contributed by atoms with E-state index in [1.165, 1.54) is 32.1 Å². The van der Waals surface area contributed by atoms with Gasteiger partial charge in [-0.2, -0.15) is 0 Å². The molecule has 100 valence electrons. The van der Waals surface area contributed by atoms with Crippen LogP contribution in [0.2, 0.25) is 0 Å². The van der Waals surface area contributed by atoms with Crippen molar-refractivity contribution in [3.05, 3.63) is 0 Å². The molecule has 0 amide bonds. The third-order valence-corrected chi connectivity index (χ3v) is 4.47. The fourth-order valence-electron chi connectivity index (χ4n) is 3.34. The van der Waals surface area contributed by atoms with Crippen LogP contribution in [0.25, 0.3) is 0 Å². The average Bonchev–Trinajstić information content (AvgIpc) is 2.82. The van der Waals surface area contributed by atoms with E-state index < -0.39 is 0 Å². The third-order valence-electron chi connectivity index (χ3n) is 4.47. The Bertz CT molecular complexity index is 228. The van der Waals surface area contributed by atoms with E-state index in [1.54, 1.807) is 0 Å². The molecule has 17 heavy (non-hydrogen) atoms. The molecular formula is C14H28N2O. The second-order valence-corrected chi connectivity index (χ2v) is 5.87. The minimum atomic E-state index is 0.368. The van der Waals surface area contributed by atoms with Crippen molar-refractivity contribution in [3.8, 4) is 0 Å². The van der Waals surface area contributed by atoms with E-state index in [2.05, 4.69) is 18.7 Å². The van der Waals surface area contributed by atoms with Crippen LogP contribution in [-0.4, -0.2) is 42.8 Å². The molecule has 0 aromatic rings. The highest BCUT2D eigenvalue weighted by atomic mass is 16.5. The van der Waals surface area contributed by atoms with Gasteiger partial charge in [0.25, 0.3) is 0 Å². The fourth-order valence-corrected chi connectivity index (χ4v) is 3.34. The molecule has 1 aliphatic heterocycles. The van der Waals surface area contributed by atoms with Crippen molar-refractivity contribution in [1.29, 1.82) is 0 Å². The van der Waals surface area contributed by atoms with Crippen molar-refractivity contribution >= 4 is 0 Å². The van der Waals surface area contributed by atoms with Crippen LogP contribution < -0.4 is 5.73 Å². The largest absolute Gasteiger partial charge is 0.377 e. The van der Waals surface area contributed by atoms with Gasteiger partial charge in [0, 0.05) is 25.2 Å². The summed E-state index contributed by atoms with van der Waals surface area (Å²) >= 11 is 0. The Kier molecular flexibility index (Phi) is 4.83. The summed E-state index contributed by atoms with van der Waals surface area (Å²) in [7, 11) is 0. The number of hydrogen-bond donors (Lipinski definition) is 1. The Labute approximate surface area is 106 Å². The van der Waals surface area contributed by atoms with Gasteiger partial charge in [0.15, 0.2) is 0 Å². The molecule has 4 unspecified atom stereocenters. The zero-order chi connectivity index (χ0) is 12.3. The second-order valence-electron chi connectivity index (χ2n) is 5.87. The maximum absolute atomic E-state index is 6.31. The molecule has 4 atom stereocenters. The first-order chi connectivity index (χ1) is 8.20. The maximum Gasteiger partial charge on any atom is 0.0702 e. The summed E-state index contributed by atoms with van der Waals surface area (Å²) in [4.78, 5) is 2.57. The van der Waals surface area contributed by atoms with Crippen LogP contribution in [0, 0.1) is 5.92 Å². The lowest BCUT2D eigenvalue weighted by atomic mass is 9.83. The van der Waals surface area contributed by atoms with E-state index in [0.29, 0.717) is 18.2 Å². The minimum Gasteiger partial charge on any atom is -0.377 e. The topological polar surface area (TPSA) is 38.5 Å². The molecule has 0 aromatic carbocycles. The van der Waals surface area contributed by atoms with Gasteiger partial charge in [-0.15, -0.1) is 0 Å². The Morgan fingerprint density at radius 1 is 1.29 bits per heavy atom. The predicted octanol–water partition coefficient (Wildman–Crippen LogP) is 2.00. The molecule has 0 bridgehead atoms. The first-order valence-corrected chi connectivity index (χ1v) is 7.32. The number of nitrogens with zero attached hydrogens (tertiary/aromatic N) is 1. The van der Waals surface area contributed by atoms with Gasteiger partial charge in [0.05, 0.1) is 6.10 Å². The highest BCUT2D eigenvalue weighted by molar-refractivity contribution is 4.89. The molecular weight excluding hydrogens is 212 g/mol. The summed E-state index contributed by atoms with van der Waals surface area (Å²) < 4.78 is 5.76. The molecule has 3 heteroatoms. The Morgan fingerprint density at radius 3 is 2.76 bits per heavy atom. The Balaban J connectivity index is 1.90. The van der Waals surface area contributed by atoms with Crippen molar-refractivity contribution in [2.45, 2.75) is 64.1 Å². The van der Waals surface area contributed by atoms with Gasteiger partial charge < -0.3 is 10.5 Å². The number of likely N-dealkylation sites (N-methyl/N-ethyl adjacent to an activating group) is 1. The van der Waals surface area contributed by atoms with Crippen molar-refractivity contribution in [2.75, 3.05) is 19.7 Å². The molecule has 0 radical (unpaired) electrons. The molecule has 1 saturated heterocycles. The first kappa shape index (κ1) is 13.3. The number of nitrogens with two attached hydrogens (primary N) is 1. The molecule has 1 saturated carbocycles. The van der Waals surface area contributed by atoms with E-state index in [0.717, 1.165) is 25.6 Å². The molecule has 0 spiro atoms. The van der Waals surface area contributed by atoms with Crippen LogP contribution in [0.4, 0.5) is 0 Å². The number of rotatable bonds is 4. The zero-order valence-corrected chi connectivity index (χ0v) is 11.4. The molecule has 2 N–H and O–H groups in total. The van der Waals surface area contributed by atoms with Crippen LogP contribution in [0.1, 0.15) is 46.0 Å². The summed E-state index contributed by atoms with van der Waals surface area (Å²) in [5, 5.41) is 0. The van der Waals surface area contributed by atoms with E-state index in [1.807, 2.05) is 0 Å². The second kappa shape index (κ2) is 6.17. The molecule has 2 aliphatic rings. The van der Waals surface area contributed by atoms with Crippen LogP contribution in [0.5, 0.6) is 0 Å². The average molecular weight is 240 g/mol. The van der Waals surface area contributed by atoms with Crippen molar-refractivity contribution in [3.63, 3.8) is 0 Å². The minimum absolute atomic E-state index is 0.368.